The monoisotopic (exact) mass is 407 g/mol. The number of aromatic nitrogens is 4. The average molecular weight is 407 g/mol. The van der Waals surface area contributed by atoms with Gasteiger partial charge in [-0.2, -0.15) is 5.10 Å². The molecule has 0 spiro atoms. The number of rotatable bonds is 9. The Balaban J connectivity index is 2.22. The summed E-state index contributed by atoms with van der Waals surface area (Å²) in [6, 6.07) is -0.894. The Kier molecular flexibility index (Phi) is 6.91. The zero-order valence-electron chi connectivity index (χ0n) is 17.0. The van der Waals surface area contributed by atoms with Crippen LogP contribution in [0.15, 0.2) is 12.4 Å². The number of amides is 2. The van der Waals surface area contributed by atoms with Crippen LogP contribution < -0.4 is 15.4 Å². The molecular formula is C17H25N7O5. The van der Waals surface area contributed by atoms with E-state index in [9.17, 15) is 19.7 Å². The molecule has 2 aromatic rings. The van der Waals surface area contributed by atoms with Crippen LogP contribution in [0, 0.1) is 16.0 Å². The first kappa shape index (κ1) is 21.9. The van der Waals surface area contributed by atoms with Crippen LogP contribution in [0.3, 0.4) is 0 Å². The molecule has 0 radical (unpaired) electrons. The third-order valence-corrected chi connectivity index (χ3v) is 4.08. The highest BCUT2D eigenvalue weighted by atomic mass is 16.6. The van der Waals surface area contributed by atoms with E-state index < -0.39 is 22.8 Å². The van der Waals surface area contributed by atoms with Gasteiger partial charge in [-0.15, -0.1) is 5.10 Å². The normalized spacial score (nSPS) is 11.9. The van der Waals surface area contributed by atoms with Crippen LogP contribution in [0.2, 0.25) is 0 Å². The summed E-state index contributed by atoms with van der Waals surface area (Å²) in [5.74, 6) is -0.845. The van der Waals surface area contributed by atoms with E-state index >= 15 is 0 Å². The molecule has 0 bridgehead atoms. The van der Waals surface area contributed by atoms with Gasteiger partial charge in [-0.05, 0) is 19.8 Å². The summed E-state index contributed by atoms with van der Waals surface area (Å²) < 4.78 is 7.55. The fourth-order valence-electron chi connectivity index (χ4n) is 2.41. The smallest absolute Gasteiger partial charge is 0.350 e. The zero-order valence-corrected chi connectivity index (χ0v) is 17.0. The number of carbonyl (C=O) groups is 2. The number of nitrogens with zero attached hydrogens (tertiary/aromatic N) is 5. The van der Waals surface area contributed by atoms with Crippen molar-refractivity contribution in [3.63, 3.8) is 0 Å². The quantitative estimate of drug-likeness (QED) is 0.474. The van der Waals surface area contributed by atoms with Crippen molar-refractivity contribution in [3.8, 4) is 5.88 Å². The lowest BCUT2D eigenvalue weighted by Gasteiger charge is -2.12. The van der Waals surface area contributed by atoms with Gasteiger partial charge in [0.25, 0.3) is 5.91 Å². The molecule has 0 aliphatic heterocycles. The Morgan fingerprint density at radius 2 is 1.97 bits per heavy atom. The van der Waals surface area contributed by atoms with E-state index in [4.69, 9.17) is 4.74 Å². The van der Waals surface area contributed by atoms with E-state index in [1.165, 1.54) is 18.7 Å². The number of hydrogen-bond acceptors (Lipinski definition) is 7. The Labute approximate surface area is 167 Å². The van der Waals surface area contributed by atoms with E-state index in [-0.39, 0.29) is 28.9 Å². The van der Waals surface area contributed by atoms with Crippen LogP contribution in [0.4, 0.5) is 11.4 Å². The second kappa shape index (κ2) is 9.17. The highest BCUT2D eigenvalue weighted by molar-refractivity contribution is 6.03. The van der Waals surface area contributed by atoms with Gasteiger partial charge in [0, 0.05) is 19.3 Å². The summed E-state index contributed by atoms with van der Waals surface area (Å²) in [4.78, 5) is 35.5. The Hall–Kier alpha value is -3.44. The van der Waals surface area contributed by atoms with Gasteiger partial charge in [0.05, 0.1) is 17.7 Å². The fourth-order valence-corrected chi connectivity index (χ4v) is 2.41. The molecule has 0 saturated heterocycles. The van der Waals surface area contributed by atoms with Crippen molar-refractivity contribution in [2.24, 2.45) is 5.92 Å². The molecule has 2 heterocycles. The molecule has 0 aliphatic carbocycles. The SMILES string of the molecule is CCn1cc(NC(=O)C(C)n2cc([N+](=O)[O-])c(OC)n2)c(C(=O)NCC(C)C)n1. The van der Waals surface area contributed by atoms with E-state index in [2.05, 4.69) is 20.8 Å². The minimum absolute atomic E-state index is 0.0945. The fraction of sp³-hybridized carbons (Fsp3) is 0.529. The minimum Gasteiger partial charge on any atom is -0.475 e. The van der Waals surface area contributed by atoms with Crippen molar-refractivity contribution >= 4 is 23.2 Å². The molecule has 2 aromatic heterocycles. The summed E-state index contributed by atoms with van der Waals surface area (Å²) >= 11 is 0. The third kappa shape index (κ3) is 5.09. The number of nitro groups is 1. The standard InChI is InChI=1S/C17H25N7O5/c1-6-22-8-12(14(20-22)16(26)18-7-10(2)3)19-15(25)11(4)23-9-13(24(27)28)17(21-23)29-5/h8-11H,6-7H2,1-5H3,(H,18,26)(H,19,25). The molecule has 1 unspecified atom stereocenters. The molecule has 0 fully saturated rings. The lowest BCUT2D eigenvalue weighted by Crippen LogP contribution is -2.29. The van der Waals surface area contributed by atoms with Crippen molar-refractivity contribution in [2.45, 2.75) is 40.3 Å². The minimum atomic E-state index is -0.894. The van der Waals surface area contributed by atoms with Crippen molar-refractivity contribution < 1.29 is 19.2 Å². The molecule has 2 N–H and O–H groups in total. The lowest BCUT2D eigenvalue weighted by atomic mass is 10.2. The summed E-state index contributed by atoms with van der Waals surface area (Å²) in [6.45, 7) is 8.29. The topological polar surface area (TPSA) is 146 Å². The Morgan fingerprint density at radius 3 is 2.48 bits per heavy atom. The molecule has 2 rings (SSSR count). The maximum Gasteiger partial charge on any atom is 0.350 e. The van der Waals surface area contributed by atoms with Gasteiger partial charge in [0.15, 0.2) is 5.69 Å². The van der Waals surface area contributed by atoms with Gasteiger partial charge >= 0.3 is 11.6 Å². The highest BCUT2D eigenvalue weighted by Gasteiger charge is 2.27. The maximum absolute atomic E-state index is 12.7. The van der Waals surface area contributed by atoms with Crippen LogP contribution in [-0.2, 0) is 11.3 Å². The molecule has 0 aromatic carbocycles. The number of anilines is 1. The van der Waals surface area contributed by atoms with E-state index in [0.717, 1.165) is 10.9 Å². The summed E-state index contributed by atoms with van der Waals surface area (Å²) in [6.07, 6.45) is 2.68. The summed E-state index contributed by atoms with van der Waals surface area (Å²) in [5.41, 5.74) is -0.00430. The molecule has 12 heteroatoms. The van der Waals surface area contributed by atoms with Crippen LogP contribution in [-0.4, -0.2) is 50.0 Å². The zero-order chi connectivity index (χ0) is 21.7. The predicted molar refractivity (Wildman–Crippen MR) is 104 cm³/mol. The number of methoxy groups -OCH3 is 1. The molecule has 0 saturated carbocycles. The van der Waals surface area contributed by atoms with E-state index in [0.29, 0.717) is 13.1 Å². The van der Waals surface area contributed by atoms with Crippen molar-refractivity contribution in [1.29, 1.82) is 0 Å². The second-order valence-corrected chi connectivity index (χ2v) is 6.78. The number of aryl methyl sites for hydroxylation is 1. The molecule has 2 amide bonds. The van der Waals surface area contributed by atoms with Gasteiger partial charge in [0.1, 0.15) is 12.2 Å². The highest BCUT2D eigenvalue weighted by Crippen LogP contribution is 2.26. The van der Waals surface area contributed by atoms with Crippen LogP contribution in [0.1, 0.15) is 44.2 Å². The van der Waals surface area contributed by atoms with Gasteiger partial charge in [-0.25, -0.2) is 4.68 Å². The van der Waals surface area contributed by atoms with Gasteiger partial charge in [-0.3, -0.25) is 24.4 Å². The number of hydrogen-bond donors (Lipinski definition) is 2. The number of nitrogens with one attached hydrogen (secondary N) is 2. The first-order valence-electron chi connectivity index (χ1n) is 9.11. The van der Waals surface area contributed by atoms with Crippen LogP contribution >= 0.6 is 0 Å². The van der Waals surface area contributed by atoms with Crippen molar-refractivity contribution in [3.05, 3.63) is 28.2 Å². The molecule has 12 nitrogen and oxygen atoms in total. The Morgan fingerprint density at radius 1 is 1.28 bits per heavy atom. The van der Waals surface area contributed by atoms with Gasteiger partial charge in [-0.1, -0.05) is 13.8 Å². The number of carbonyl (C=O) groups excluding carboxylic acids is 2. The summed E-state index contributed by atoms with van der Waals surface area (Å²) in [7, 11) is 1.26. The largest absolute Gasteiger partial charge is 0.475 e. The van der Waals surface area contributed by atoms with Gasteiger partial charge in [0.2, 0.25) is 5.91 Å². The molecule has 0 aliphatic rings. The molecular weight excluding hydrogens is 382 g/mol. The summed E-state index contributed by atoms with van der Waals surface area (Å²) in [5, 5.41) is 24.6. The van der Waals surface area contributed by atoms with E-state index in [1.807, 2.05) is 20.8 Å². The first-order valence-corrected chi connectivity index (χ1v) is 9.11. The number of ether oxygens (including phenoxy) is 1. The molecule has 1 atom stereocenters. The van der Waals surface area contributed by atoms with Crippen LogP contribution in [0.25, 0.3) is 0 Å². The van der Waals surface area contributed by atoms with E-state index in [1.54, 1.807) is 6.20 Å². The molecule has 158 valence electrons. The van der Waals surface area contributed by atoms with Crippen molar-refractivity contribution in [2.75, 3.05) is 19.0 Å². The van der Waals surface area contributed by atoms with Gasteiger partial charge < -0.3 is 15.4 Å². The average Bonchev–Trinajstić information content (AvgIpc) is 3.29. The predicted octanol–water partition coefficient (Wildman–Crippen LogP) is 1.60. The third-order valence-electron chi connectivity index (χ3n) is 4.08. The first-order chi connectivity index (χ1) is 13.7. The Bertz CT molecular complexity index is 902. The maximum atomic E-state index is 12.7. The second-order valence-electron chi connectivity index (χ2n) is 6.78. The molecule has 29 heavy (non-hydrogen) atoms. The van der Waals surface area contributed by atoms with Crippen LogP contribution in [0.5, 0.6) is 5.88 Å². The lowest BCUT2D eigenvalue weighted by molar-refractivity contribution is -0.385. The van der Waals surface area contributed by atoms with Crippen molar-refractivity contribution in [1.82, 2.24) is 24.9 Å².